The number of thioether (sulfide) groups is 1. The van der Waals surface area contributed by atoms with Crippen molar-refractivity contribution in [2.75, 3.05) is 18.2 Å². The quantitative estimate of drug-likeness (QED) is 0.341. The largest absolute Gasteiger partial charge is 0.497 e. The van der Waals surface area contributed by atoms with Gasteiger partial charge < -0.3 is 10.1 Å². The molecule has 0 fully saturated rings. The fourth-order valence-electron chi connectivity index (χ4n) is 3.32. The summed E-state index contributed by atoms with van der Waals surface area (Å²) in [6.45, 7) is 5.95. The number of benzene rings is 2. The SMILES string of the molecule is COc1ccc(-c2cnn3c(SCC(=O)Nc4cc(C)ccc4C)cc(C)nc23)cc1. The van der Waals surface area contributed by atoms with Gasteiger partial charge >= 0.3 is 0 Å². The van der Waals surface area contributed by atoms with Gasteiger partial charge in [-0.3, -0.25) is 4.79 Å². The van der Waals surface area contributed by atoms with E-state index in [0.717, 1.165) is 50.1 Å². The lowest BCUT2D eigenvalue weighted by Crippen LogP contribution is -2.15. The van der Waals surface area contributed by atoms with E-state index in [-0.39, 0.29) is 11.7 Å². The number of anilines is 1. The third-order valence-corrected chi connectivity index (χ3v) is 5.98. The average molecular weight is 433 g/mol. The molecule has 0 spiro atoms. The van der Waals surface area contributed by atoms with Crippen molar-refractivity contribution in [3.8, 4) is 16.9 Å². The molecule has 0 unspecified atom stereocenters. The molecule has 1 N–H and O–H groups in total. The highest BCUT2D eigenvalue weighted by Crippen LogP contribution is 2.29. The van der Waals surface area contributed by atoms with Gasteiger partial charge in [-0.05, 0) is 61.7 Å². The smallest absolute Gasteiger partial charge is 0.234 e. The van der Waals surface area contributed by atoms with E-state index in [1.54, 1.807) is 11.6 Å². The first-order chi connectivity index (χ1) is 14.9. The number of rotatable bonds is 6. The highest BCUT2D eigenvalue weighted by Gasteiger charge is 2.14. The van der Waals surface area contributed by atoms with E-state index in [2.05, 4.69) is 15.4 Å². The number of nitrogens with one attached hydrogen (secondary N) is 1. The normalized spacial score (nSPS) is 11.0. The molecule has 0 radical (unpaired) electrons. The standard InChI is InChI=1S/C24H24N4O2S/c1-15-5-6-16(2)21(11-15)27-22(29)14-31-23-12-17(3)26-24-20(13-25-28(23)24)18-7-9-19(30-4)10-8-18/h5-13H,14H2,1-4H3,(H,27,29). The molecule has 0 saturated carbocycles. The van der Waals surface area contributed by atoms with Gasteiger partial charge in [0.15, 0.2) is 5.65 Å². The molecule has 0 bridgehead atoms. The molecular weight excluding hydrogens is 408 g/mol. The first-order valence-corrected chi connectivity index (χ1v) is 10.9. The number of carbonyl (C=O) groups excluding carboxylic acids is 1. The second kappa shape index (κ2) is 8.81. The summed E-state index contributed by atoms with van der Waals surface area (Å²) in [5, 5.41) is 8.42. The Morgan fingerprint density at radius 1 is 1.10 bits per heavy atom. The molecule has 0 saturated heterocycles. The molecule has 6 nitrogen and oxygen atoms in total. The van der Waals surface area contributed by atoms with Crippen LogP contribution in [0.2, 0.25) is 0 Å². The topological polar surface area (TPSA) is 68.5 Å². The van der Waals surface area contributed by atoms with Crippen LogP contribution in [0.5, 0.6) is 5.75 Å². The zero-order chi connectivity index (χ0) is 22.0. The second-order valence-electron chi connectivity index (χ2n) is 7.41. The van der Waals surface area contributed by atoms with Crippen LogP contribution in [0.4, 0.5) is 5.69 Å². The maximum atomic E-state index is 12.6. The van der Waals surface area contributed by atoms with E-state index in [0.29, 0.717) is 0 Å². The van der Waals surface area contributed by atoms with Crippen LogP contribution in [0.25, 0.3) is 16.8 Å². The zero-order valence-electron chi connectivity index (χ0n) is 18.0. The predicted molar refractivity (Wildman–Crippen MR) is 125 cm³/mol. The van der Waals surface area contributed by atoms with Crippen molar-refractivity contribution in [2.45, 2.75) is 25.8 Å². The van der Waals surface area contributed by atoms with Crippen molar-refractivity contribution < 1.29 is 9.53 Å². The molecule has 31 heavy (non-hydrogen) atoms. The zero-order valence-corrected chi connectivity index (χ0v) is 18.8. The Balaban J connectivity index is 1.56. The van der Waals surface area contributed by atoms with E-state index in [1.165, 1.54) is 11.8 Å². The lowest BCUT2D eigenvalue weighted by atomic mass is 10.1. The second-order valence-corrected chi connectivity index (χ2v) is 8.41. The van der Waals surface area contributed by atoms with Crippen LogP contribution in [-0.4, -0.2) is 33.4 Å². The van der Waals surface area contributed by atoms with E-state index in [1.807, 2.05) is 75.5 Å². The summed E-state index contributed by atoms with van der Waals surface area (Å²) >= 11 is 1.44. The number of ether oxygens (including phenoxy) is 1. The number of carbonyl (C=O) groups is 1. The van der Waals surface area contributed by atoms with Crippen LogP contribution in [0.15, 0.2) is 59.8 Å². The summed E-state index contributed by atoms with van der Waals surface area (Å²) in [6, 6.07) is 15.8. The van der Waals surface area contributed by atoms with Crippen LogP contribution in [0.3, 0.4) is 0 Å². The van der Waals surface area contributed by atoms with E-state index in [4.69, 9.17) is 4.74 Å². The molecule has 2 aromatic carbocycles. The first kappa shape index (κ1) is 20.9. The number of hydrogen-bond donors (Lipinski definition) is 1. The third-order valence-electron chi connectivity index (χ3n) is 4.99. The van der Waals surface area contributed by atoms with Gasteiger partial charge in [0, 0.05) is 16.9 Å². The maximum absolute atomic E-state index is 12.6. The van der Waals surface area contributed by atoms with Crippen LogP contribution in [0.1, 0.15) is 16.8 Å². The third kappa shape index (κ3) is 4.56. The van der Waals surface area contributed by atoms with Gasteiger partial charge in [0.05, 0.1) is 19.1 Å². The predicted octanol–water partition coefficient (Wildman–Crippen LogP) is 5.06. The Labute approximate surface area is 185 Å². The molecule has 0 atom stereocenters. The summed E-state index contributed by atoms with van der Waals surface area (Å²) in [5.41, 5.74) is 6.60. The minimum absolute atomic E-state index is 0.0520. The molecular formula is C24H24N4O2S. The van der Waals surface area contributed by atoms with Crippen LogP contribution in [0, 0.1) is 20.8 Å². The van der Waals surface area contributed by atoms with Crippen molar-refractivity contribution in [1.29, 1.82) is 0 Å². The summed E-state index contributed by atoms with van der Waals surface area (Å²) in [4.78, 5) is 17.3. The van der Waals surface area contributed by atoms with Gasteiger partial charge in [0.25, 0.3) is 0 Å². The van der Waals surface area contributed by atoms with Crippen molar-refractivity contribution in [2.24, 2.45) is 0 Å². The molecule has 0 aliphatic heterocycles. The maximum Gasteiger partial charge on any atom is 0.234 e. The Morgan fingerprint density at radius 3 is 2.61 bits per heavy atom. The summed E-state index contributed by atoms with van der Waals surface area (Å²) in [5.74, 6) is 1.03. The van der Waals surface area contributed by atoms with Crippen LogP contribution >= 0.6 is 11.8 Å². The number of methoxy groups -OCH3 is 1. The summed E-state index contributed by atoms with van der Waals surface area (Å²) in [7, 11) is 1.65. The molecule has 4 aromatic rings. The minimum atomic E-state index is -0.0520. The van der Waals surface area contributed by atoms with Gasteiger partial charge in [0.2, 0.25) is 5.91 Å². The van der Waals surface area contributed by atoms with Gasteiger partial charge in [0.1, 0.15) is 10.8 Å². The molecule has 158 valence electrons. The van der Waals surface area contributed by atoms with Crippen molar-refractivity contribution >= 4 is 29.0 Å². The fourth-order valence-corrected chi connectivity index (χ4v) is 4.18. The van der Waals surface area contributed by atoms with E-state index in [9.17, 15) is 4.79 Å². The average Bonchev–Trinajstić information content (AvgIpc) is 3.18. The number of hydrogen-bond acceptors (Lipinski definition) is 5. The molecule has 2 heterocycles. The Bertz CT molecular complexity index is 1250. The lowest BCUT2D eigenvalue weighted by Gasteiger charge is -2.10. The number of fused-ring (bicyclic) bond motifs is 1. The highest BCUT2D eigenvalue weighted by molar-refractivity contribution is 7.99. The Morgan fingerprint density at radius 2 is 1.87 bits per heavy atom. The van der Waals surface area contributed by atoms with Crippen LogP contribution in [-0.2, 0) is 4.79 Å². The first-order valence-electron chi connectivity index (χ1n) is 9.94. The number of aromatic nitrogens is 3. The summed E-state index contributed by atoms with van der Waals surface area (Å²) in [6.07, 6.45) is 1.81. The Hall–Kier alpha value is -3.32. The van der Waals surface area contributed by atoms with Gasteiger partial charge in [-0.25, -0.2) is 9.50 Å². The van der Waals surface area contributed by atoms with Crippen LogP contribution < -0.4 is 10.1 Å². The van der Waals surface area contributed by atoms with E-state index >= 15 is 0 Å². The highest BCUT2D eigenvalue weighted by atomic mass is 32.2. The lowest BCUT2D eigenvalue weighted by molar-refractivity contribution is -0.113. The number of aryl methyl sites for hydroxylation is 3. The number of amides is 1. The molecule has 4 rings (SSSR count). The van der Waals surface area contributed by atoms with Crippen molar-refractivity contribution in [1.82, 2.24) is 14.6 Å². The van der Waals surface area contributed by atoms with E-state index < -0.39 is 0 Å². The number of nitrogens with zero attached hydrogens (tertiary/aromatic N) is 3. The van der Waals surface area contributed by atoms with Crippen molar-refractivity contribution in [3.63, 3.8) is 0 Å². The van der Waals surface area contributed by atoms with Gasteiger partial charge in [-0.1, -0.05) is 36.0 Å². The molecule has 2 aromatic heterocycles. The van der Waals surface area contributed by atoms with Gasteiger partial charge in [-0.15, -0.1) is 0 Å². The minimum Gasteiger partial charge on any atom is -0.497 e. The molecule has 1 amide bonds. The van der Waals surface area contributed by atoms with Crippen molar-refractivity contribution in [3.05, 3.63) is 71.5 Å². The summed E-state index contributed by atoms with van der Waals surface area (Å²) < 4.78 is 7.04. The molecule has 0 aliphatic rings. The molecule has 0 aliphatic carbocycles. The van der Waals surface area contributed by atoms with Gasteiger partial charge in [-0.2, -0.15) is 5.10 Å². The monoisotopic (exact) mass is 432 g/mol. The Kier molecular flexibility index (Phi) is 5.95. The fraction of sp³-hybridized carbons (Fsp3) is 0.208. The molecule has 7 heteroatoms.